The van der Waals surface area contributed by atoms with Crippen LogP contribution in [0.5, 0.6) is 0 Å². The van der Waals surface area contributed by atoms with Crippen LogP contribution in [0, 0.1) is 0 Å². The first kappa shape index (κ1) is 35.7. The minimum absolute atomic E-state index is 1.16. The van der Waals surface area contributed by atoms with Gasteiger partial charge < -0.3 is 9.13 Å². The molecule has 290 valence electrons. The highest BCUT2D eigenvalue weighted by Crippen LogP contribution is 2.39. The van der Waals surface area contributed by atoms with Gasteiger partial charge in [0.1, 0.15) is 0 Å². The van der Waals surface area contributed by atoms with Crippen molar-refractivity contribution in [2.24, 2.45) is 0 Å². The van der Waals surface area contributed by atoms with Crippen LogP contribution in [0.4, 0.5) is 0 Å². The number of benzene rings is 10. The SMILES string of the molecule is c1ccc(-c2cc(-c3ccc(-n4c5ccccc5c5ccccc54)cc3)ccc2-c2ccc(-c3ccc(-c4ccc(-n5c6ccccc6c6ccccc65)cc4)cc3)cc2)cc1. The highest BCUT2D eigenvalue weighted by Gasteiger charge is 2.15. The summed E-state index contributed by atoms with van der Waals surface area (Å²) in [5, 5.41) is 5.10. The van der Waals surface area contributed by atoms with Crippen molar-refractivity contribution in [2.45, 2.75) is 0 Å². The number of rotatable bonds is 7. The van der Waals surface area contributed by atoms with E-state index in [0.29, 0.717) is 0 Å². The number of fused-ring (bicyclic) bond motifs is 6. The Morgan fingerprint density at radius 2 is 0.484 bits per heavy atom. The molecule has 0 amide bonds. The minimum atomic E-state index is 1.16. The fourth-order valence-electron chi connectivity index (χ4n) is 9.54. The van der Waals surface area contributed by atoms with Crippen molar-refractivity contribution in [3.8, 4) is 67.0 Å². The molecule has 2 heteroatoms. The number of hydrogen-bond donors (Lipinski definition) is 0. The van der Waals surface area contributed by atoms with Gasteiger partial charge in [0.2, 0.25) is 0 Å². The molecule has 10 aromatic carbocycles. The predicted octanol–water partition coefficient (Wildman–Crippen LogP) is 16.2. The molecule has 12 aromatic rings. The summed E-state index contributed by atoms with van der Waals surface area (Å²) in [6.07, 6.45) is 0. The van der Waals surface area contributed by atoms with Gasteiger partial charge in [-0.25, -0.2) is 0 Å². The summed E-state index contributed by atoms with van der Waals surface area (Å²) in [6, 6.07) is 88.3. The van der Waals surface area contributed by atoms with Gasteiger partial charge in [0.05, 0.1) is 22.1 Å². The van der Waals surface area contributed by atoms with E-state index < -0.39 is 0 Å². The minimum Gasteiger partial charge on any atom is -0.309 e. The van der Waals surface area contributed by atoms with Crippen molar-refractivity contribution >= 4 is 43.6 Å². The molecule has 0 atom stereocenters. The molecule has 0 spiro atoms. The molecule has 0 radical (unpaired) electrons. The Kier molecular flexibility index (Phi) is 8.53. The van der Waals surface area contributed by atoms with Crippen molar-refractivity contribution in [3.63, 3.8) is 0 Å². The summed E-state index contributed by atoms with van der Waals surface area (Å²) in [7, 11) is 0. The first-order chi connectivity index (χ1) is 30.7. The summed E-state index contributed by atoms with van der Waals surface area (Å²) in [5.41, 5.74) is 19.2. The van der Waals surface area contributed by atoms with E-state index >= 15 is 0 Å². The topological polar surface area (TPSA) is 9.86 Å². The maximum atomic E-state index is 2.37. The Hall–Kier alpha value is -8.20. The van der Waals surface area contributed by atoms with E-state index in [2.05, 4.69) is 252 Å². The molecule has 0 fully saturated rings. The average Bonchev–Trinajstić information content (AvgIpc) is 3.87. The third kappa shape index (κ3) is 6.04. The molecule has 0 saturated carbocycles. The van der Waals surface area contributed by atoms with Crippen molar-refractivity contribution < 1.29 is 0 Å². The molecule has 12 rings (SSSR count). The molecule has 2 aromatic heterocycles. The van der Waals surface area contributed by atoms with E-state index in [1.165, 1.54) is 99.2 Å². The van der Waals surface area contributed by atoms with Gasteiger partial charge >= 0.3 is 0 Å². The van der Waals surface area contributed by atoms with Crippen LogP contribution in [0.3, 0.4) is 0 Å². The standard InChI is InChI=1S/C60H40N2/c1-2-12-46(13-3-1)56-40-48(45-32-37-50(38-33-45)62-59-20-10-6-16-54(59)55-17-7-11-21-60(55)62)34-39-51(56)47-28-26-43(27-29-47)41-22-24-42(25-23-41)44-30-35-49(36-31-44)61-57-18-8-4-14-52(57)53-15-5-9-19-58(53)61/h1-40H. The molecule has 0 N–H and O–H groups in total. The lowest BCUT2D eigenvalue weighted by atomic mass is 9.90. The lowest BCUT2D eigenvalue weighted by Gasteiger charge is -2.15. The van der Waals surface area contributed by atoms with E-state index in [9.17, 15) is 0 Å². The second kappa shape index (κ2) is 14.8. The summed E-state index contributed by atoms with van der Waals surface area (Å²) in [4.78, 5) is 0. The monoisotopic (exact) mass is 788 g/mol. The zero-order valence-electron chi connectivity index (χ0n) is 34.0. The van der Waals surface area contributed by atoms with E-state index in [1.54, 1.807) is 0 Å². The molecule has 62 heavy (non-hydrogen) atoms. The first-order valence-corrected chi connectivity index (χ1v) is 21.3. The number of aromatic nitrogens is 2. The Balaban J connectivity index is 0.820. The van der Waals surface area contributed by atoms with E-state index in [1.807, 2.05) is 0 Å². The lowest BCUT2D eigenvalue weighted by Crippen LogP contribution is -1.93. The summed E-state index contributed by atoms with van der Waals surface area (Å²) < 4.78 is 4.74. The smallest absolute Gasteiger partial charge is 0.0541 e. The largest absolute Gasteiger partial charge is 0.309 e. The van der Waals surface area contributed by atoms with Crippen molar-refractivity contribution in [2.75, 3.05) is 0 Å². The second-order valence-electron chi connectivity index (χ2n) is 16.1. The van der Waals surface area contributed by atoms with Gasteiger partial charge in [0.25, 0.3) is 0 Å². The van der Waals surface area contributed by atoms with Gasteiger partial charge in [-0.3, -0.25) is 0 Å². The highest BCUT2D eigenvalue weighted by molar-refractivity contribution is 6.10. The fraction of sp³-hybridized carbons (Fsp3) is 0. The first-order valence-electron chi connectivity index (χ1n) is 21.3. The normalized spacial score (nSPS) is 11.5. The molecule has 2 nitrogen and oxygen atoms in total. The molecule has 0 aliphatic heterocycles. The fourth-order valence-corrected chi connectivity index (χ4v) is 9.54. The Labute approximate surface area is 360 Å². The van der Waals surface area contributed by atoms with Crippen LogP contribution in [0.15, 0.2) is 243 Å². The van der Waals surface area contributed by atoms with Crippen LogP contribution in [0.2, 0.25) is 0 Å². The second-order valence-corrected chi connectivity index (χ2v) is 16.1. The molecule has 0 bridgehead atoms. The molecule has 0 saturated heterocycles. The zero-order valence-corrected chi connectivity index (χ0v) is 34.0. The van der Waals surface area contributed by atoms with Crippen molar-refractivity contribution in [3.05, 3.63) is 243 Å². The van der Waals surface area contributed by atoms with Gasteiger partial charge in [-0.05, 0) is 110 Å². The predicted molar refractivity (Wildman–Crippen MR) is 262 cm³/mol. The van der Waals surface area contributed by atoms with Crippen LogP contribution in [0.1, 0.15) is 0 Å². The molecular weight excluding hydrogens is 749 g/mol. The Morgan fingerprint density at radius 1 is 0.194 bits per heavy atom. The van der Waals surface area contributed by atoms with Gasteiger partial charge in [-0.15, -0.1) is 0 Å². The third-order valence-electron chi connectivity index (χ3n) is 12.6. The van der Waals surface area contributed by atoms with Crippen molar-refractivity contribution in [1.82, 2.24) is 9.13 Å². The van der Waals surface area contributed by atoms with Crippen LogP contribution in [-0.2, 0) is 0 Å². The molecule has 0 unspecified atom stereocenters. The quantitative estimate of drug-likeness (QED) is 0.152. The summed E-state index contributed by atoms with van der Waals surface area (Å²) in [6.45, 7) is 0. The van der Waals surface area contributed by atoms with Crippen molar-refractivity contribution in [1.29, 1.82) is 0 Å². The molecule has 0 aliphatic rings. The maximum absolute atomic E-state index is 2.37. The zero-order chi connectivity index (χ0) is 41.0. The van der Waals surface area contributed by atoms with Gasteiger partial charge in [-0.2, -0.15) is 0 Å². The Morgan fingerprint density at radius 3 is 0.887 bits per heavy atom. The maximum Gasteiger partial charge on any atom is 0.0541 e. The van der Waals surface area contributed by atoms with Gasteiger partial charge in [-0.1, -0.05) is 188 Å². The third-order valence-corrected chi connectivity index (χ3v) is 12.6. The van der Waals surface area contributed by atoms with Crippen LogP contribution < -0.4 is 0 Å². The van der Waals surface area contributed by atoms with Crippen LogP contribution in [-0.4, -0.2) is 9.13 Å². The summed E-state index contributed by atoms with van der Waals surface area (Å²) >= 11 is 0. The lowest BCUT2D eigenvalue weighted by molar-refractivity contribution is 1.18. The van der Waals surface area contributed by atoms with E-state index in [4.69, 9.17) is 0 Å². The van der Waals surface area contributed by atoms with Crippen LogP contribution >= 0.6 is 0 Å². The molecular formula is C60H40N2. The number of para-hydroxylation sites is 4. The summed E-state index contributed by atoms with van der Waals surface area (Å²) in [5.74, 6) is 0. The van der Waals surface area contributed by atoms with Crippen LogP contribution in [0.25, 0.3) is 111 Å². The molecule has 0 aliphatic carbocycles. The number of hydrogen-bond acceptors (Lipinski definition) is 0. The Bertz CT molecular complexity index is 3470. The molecule has 2 heterocycles. The van der Waals surface area contributed by atoms with Gasteiger partial charge in [0.15, 0.2) is 0 Å². The van der Waals surface area contributed by atoms with E-state index in [0.717, 1.165) is 11.4 Å². The number of nitrogens with zero attached hydrogens (tertiary/aromatic N) is 2. The highest BCUT2D eigenvalue weighted by atomic mass is 15.0. The average molecular weight is 789 g/mol. The van der Waals surface area contributed by atoms with E-state index in [-0.39, 0.29) is 0 Å². The van der Waals surface area contributed by atoms with Gasteiger partial charge in [0, 0.05) is 32.9 Å².